The van der Waals surface area contributed by atoms with E-state index >= 15 is 0 Å². The van der Waals surface area contributed by atoms with Gasteiger partial charge in [0.25, 0.3) is 5.91 Å². The number of carbonyl (C=O) groups is 1. The van der Waals surface area contributed by atoms with Gasteiger partial charge in [-0.3, -0.25) is 10.2 Å². The normalized spacial score (nSPS) is 16.7. The quantitative estimate of drug-likeness (QED) is 0.841. The Balaban J connectivity index is 2.42. The molecule has 2 rings (SSSR count). The number of halogens is 1. The summed E-state index contributed by atoms with van der Waals surface area (Å²) in [6.45, 7) is 0. The Labute approximate surface area is 119 Å². The molecular formula is C12H11ClN2O3S. The first-order valence-corrected chi connectivity index (χ1v) is 6.45. The molecule has 1 amide bonds. The summed E-state index contributed by atoms with van der Waals surface area (Å²) >= 11 is 7.15. The van der Waals surface area contributed by atoms with E-state index in [4.69, 9.17) is 26.5 Å². The van der Waals surface area contributed by atoms with Crippen LogP contribution in [0, 0.1) is 5.41 Å². The van der Waals surface area contributed by atoms with E-state index in [2.05, 4.69) is 5.32 Å². The Morgan fingerprint density at radius 1 is 1.37 bits per heavy atom. The predicted octanol–water partition coefficient (Wildman–Crippen LogP) is 2.50. The summed E-state index contributed by atoms with van der Waals surface area (Å²) in [5, 5.41) is 10.3. The zero-order valence-electron chi connectivity index (χ0n) is 10.2. The lowest BCUT2D eigenvalue weighted by Gasteiger charge is -2.10. The lowest BCUT2D eigenvalue weighted by Crippen LogP contribution is -2.18. The third-order valence-corrected chi connectivity index (χ3v) is 3.53. The van der Waals surface area contributed by atoms with Gasteiger partial charge in [-0.1, -0.05) is 11.6 Å². The smallest absolute Gasteiger partial charge is 0.264 e. The maximum atomic E-state index is 11.5. The molecule has 0 aromatic heterocycles. The van der Waals surface area contributed by atoms with Crippen molar-refractivity contribution in [2.45, 2.75) is 0 Å². The maximum absolute atomic E-state index is 11.5. The van der Waals surface area contributed by atoms with Crippen molar-refractivity contribution in [3.63, 3.8) is 0 Å². The van der Waals surface area contributed by atoms with Gasteiger partial charge >= 0.3 is 0 Å². The van der Waals surface area contributed by atoms with Crippen molar-refractivity contribution in [1.29, 1.82) is 5.41 Å². The molecule has 0 atom stereocenters. The Morgan fingerprint density at radius 2 is 2.11 bits per heavy atom. The van der Waals surface area contributed by atoms with Gasteiger partial charge in [0.2, 0.25) is 0 Å². The van der Waals surface area contributed by atoms with Gasteiger partial charge in [-0.25, -0.2) is 0 Å². The molecule has 1 aromatic carbocycles. The number of thioether (sulfide) groups is 1. The van der Waals surface area contributed by atoms with Crippen molar-refractivity contribution in [2.24, 2.45) is 0 Å². The number of nitrogens with one attached hydrogen (secondary N) is 2. The van der Waals surface area contributed by atoms with Crippen LogP contribution in [0.4, 0.5) is 0 Å². The van der Waals surface area contributed by atoms with E-state index in [-0.39, 0.29) is 11.1 Å². The third-order valence-electron chi connectivity index (χ3n) is 2.42. The highest BCUT2D eigenvalue weighted by Gasteiger charge is 2.22. The van der Waals surface area contributed by atoms with Crippen LogP contribution >= 0.6 is 23.4 Å². The first kappa shape index (κ1) is 13.8. The van der Waals surface area contributed by atoms with Gasteiger partial charge in [-0.15, -0.1) is 0 Å². The van der Waals surface area contributed by atoms with Crippen LogP contribution in [0.25, 0.3) is 6.08 Å². The average molecular weight is 299 g/mol. The molecule has 1 saturated heterocycles. The first-order chi connectivity index (χ1) is 9.05. The van der Waals surface area contributed by atoms with Crippen molar-refractivity contribution in [3.8, 4) is 11.5 Å². The maximum Gasteiger partial charge on any atom is 0.264 e. The second-order valence-corrected chi connectivity index (χ2v) is 5.09. The van der Waals surface area contributed by atoms with E-state index in [0.29, 0.717) is 27.0 Å². The highest BCUT2D eigenvalue weighted by Crippen LogP contribution is 2.37. The highest BCUT2D eigenvalue weighted by molar-refractivity contribution is 8.18. The number of hydrogen-bond acceptors (Lipinski definition) is 5. The molecule has 0 aliphatic carbocycles. The van der Waals surface area contributed by atoms with Crippen LogP contribution in [0.3, 0.4) is 0 Å². The molecule has 0 bridgehead atoms. The molecule has 0 spiro atoms. The second-order valence-electron chi connectivity index (χ2n) is 3.63. The summed E-state index contributed by atoms with van der Waals surface area (Å²) in [6, 6.07) is 3.39. The van der Waals surface area contributed by atoms with Crippen LogP contribution in [-0.4, -0.2) is 25.3 Å². The molecule has 0 saturated carbocycles. The number of hydrogen-bond donors (Lipinski definition) is 2. The zero-order valence-corrected chi connectivity index (χ0v) is 11.8. The van der Waals surface area contributed by atoms with E-state index in [1.807, 2.05) is 0 Å². The Hall–Kier alpha value is -1.66. The molecule has 1 aromatic rings. The monoisotopic (exact) mass is 298 g/mol. The highest BCUT2D eigenvalue weighted by atomic mass is 35.5. The fourth-order valence-electron chi connectivity index (χ4n) is 1.61. The number of carbonyl (C=O) groups excluding carboxylic acids is 1. The Kier molecular flexibility index (Phi) is 4.01. The zero-order chi connectivity index (χ0) is 14.0. The van der Waals surface area contributed by atoms with Crippen LogP contribution in [0.5, 0.6) is 11.5 Å². The van der Waals surface area contributed by atoms with E-state index in [9.17, 15) is 4.79 Å². The van der Waals surface area contributed by atoms with E-state index in [1.54, 1.807) is 18.2 Å². The van der Waals surface area contributed by atoms with Crippen LogP contribution in [-0.2, 0) is 4.79 Å². The summed E-state index contributed by atoms with van der Waals surface area (Å²) in [5.41, 5.74) is 0.704. The number of benzene rings is 1. The van der Waals surface area contributed by atoms with Gasteiger partial charge in [0.05, 0.1) is 24.1 Å². The molecule has 19 heavy (non-hydrogen) atoms. The van der Waals surface area contributed by atoms with Gasteiger partial charge < -0.3 is 14.8 Å². The lowest BCUT2D eigenvalue weighted by molar-refractivity contribution is -0.115. The standard InChI is InChI=1S/C12H11ClN2O3S/c1-17-8-4-6(3-7(13)10(8)18-2)5-9-11(16)15-12(14)19-9/h3-5H,1-2H3,(H2,14,15,16). The minimum absolute atomic E-state index is 0.114. The van der Waals surface area contributed by atoms with E-state index in [1.165, 1.54) is 14.2 Å². The topological polar surface area (TPSA) is 71.4 Å². The van der Waals surface area contributed by atoms with Gasteiger partial charge in [0.1, 0.15) is 0 Å². The lowest BCUT2D eigenvalue weighted by atomic mass is 10.2. The third kappa shape index (κ3) is 2.85. The van der Waals surface area contributed by atoms with Crippen molar-refractivity contribution in [2.75, 3.05) is 14.2 Å². The number of methoxy groups -OCH3 is 2. The number of amides is 1. The average Bonchev–Trinajstić information content (AvgIpc) is 2.67. The molecule has 1 aliphatic heterocycles. The van der Waals surface area contributed by atoms with Crippen LogP contribution < -0.4 is 14.8 Å². The summed E-state index contributed by atoms with van der Waals surface area (Å²) in [7, 11) is 3.02. The molecular weight excluding hydrogens is 288 g/mol. The summed E-state index contributed by atoms with van der Waals surface area (Å²) < 4.78 is 10.3. The molecule has 1 aliphatic rings. The number of amidine groups is 1. The van der Waals surface area contributed by atoms with Crippen LogP contribution in [0.1, 0.15) is 5.56 Å². The summed E-state index contributed by atoms with van der Waals surface area (Å²) in [5.74, 6) is 0.642. The number of ether oxygens (including phenoxy) is 2. The molecule has 1 fully saturated rings. The SMILES string of the molecule is COc1cc(C=C2SC(=N)NC2=O)cc(Cl)c1OC. The van der Waals surface area contributed by atoms with Gasteiger partial charge in [0.15, 0.2) is 16.7 Å². The van der Waals surface area contributed by atoms with Crippen molar-refractivity contribution in [1.82, 2.24) is 5.32 Å². The summed E-state index contributed by atoms with van der Waals surface area (Å²) in [4.78, 5) is 12.0. The van der Waals surface area contributed by atoms with Gasteiger partial charge in [-0.2, -0.15) is 0 Å². The molecule has 0 radical (unpaired) electrons. The predicted molar refractivity (Wildman–Crippen MR) is 76.0 cm³/mol. The molecule has 0 unspecified atom stereocenters. The minimum Gasteiger partial charge on any atom is -0.493 e. The number of rotatable bonds is 3. The van der Waals surface area contributed by atoms with Gasteiger partial charge in [-0.05, 0) is 35.5 Å². The van der Waals surface area contributed by atoms with Crippen molar-refractivity contribution in [3.05, 3.63) is 27.6 Å². The fraction of sp³-hybridized carbons (Fsp3) is 0.167. The molecule has 100 valence electrons. The van der Waals surface area contributed by atoms with Crippen LogP contribution in [0.15, 0.2) is 17.0 Å². The van der Waals surface area contributed by atoms with Crippen LogP contribution in [0.2, 0.25) is 5.02 Å². The molecule has 2 N–H and O–H groups in total. The second kappa shape index (κ2) is 5.54. The van der Waals surface area contributed by atoms with Crippen molar-refractivity contribution < 1.29 is 14.3 Å². The molecule has 5 nitrogen and oxygen atoms in total. The summed E-state index contributed by atoms with van der Waals surface area (Å²) in [6.07, 6.45) is 1.65. The Morgan fingerprint density at radius 3 is 2.63 bits per heavy atom. The fourth-order valence-corrected chi connectivity index (χ4v) is 2.61. The van der Waals surface area contributed by atoms with Gasteiger partial charge in [0, 0.05) is 0 Å². The molecule has 7 heteroatoms. The first-order valence-electron chi connectivity index (χ1n) is 5.26. The largest absolute Gasteiger partial charge is 0.493 e. The molecule has 1 heterocycles. The minimum atomic E-state index is -0.291. The van der Waals surface area contributed by atoms with Crippen molar-refractivity contribution >= 4 is 40.5 Å². The van der Waals surface area contributed by atoms with E-state index in [0.717, 1.165) is 11.8 Å². The Bertz CT molecular complexity index is 587. The van der Waals surface area contributed by atoms with E-state index < -0.39 is 0 Å².